The number of morpholine rings is 1. The van der Waals surface area contributed by atoms with E-state index in [0.717, 1.165) is 63.1 Å². The Morgan fingerprint density at radius 3 is 2.47 bits per heavy atom. The summed E-state index contributed by atoms with van der Waals surface area (Å²) in [6, 6.07) is 11.9. The molecule has 188 valence electrons. The van der Waals surface area contributed by atoms with Gasteiger partial charge in [0.2, 0.25) is 0 Å². The standard InChI is InChI=1S/C27H29ClN4O3S/c1-4-34-22-15-21(32-10-12-33-13-11-32)23(35-5-2)14-20(22)31-26-25-24(18-6-8-19(28)9-7-18)17(3)36-27(25)30-16-29-26/h6-9,14-16H,4-5,10-13H2,1-3H3,(H,29,30,31). The second kappa shape index (κ2) is 10.9. The molecular weight excluding hydrogens is 496 g/mol. The third kappa shape index (κ3) is 4.93. The van der Waals surface area contributed by atoms with Gasteiger partial charge in [0.15, 0.2) is 0 Å². The molecule has 1 aliphatic rings. The van der Waals surface area contributed by atoms with E-state index in [1.54, 1.807) is 17.7 Å². The van der Waals surface area contributed by atoms with Crippen molar-refractivity contribution in [1.29, 1.82) is 0 Å². The van der Waals surface area contributed by atoms with Crippen LogP contribution in [0.5, 0.6) is 11.5 Å². The number of thiophene rings is 1. The number of benzene rings is 2. The fourth-order valence-electron chi connectivity index (χ4n) is 4.48. The van der Waals surface area contributed by atoms with E-state index in [1.165, 1.54) is 4.88 Å². The van der Waals surface area contributed by atoms with E-state index < -0.39 is 0 Å². The Morgan fingerprint density at radius 2 is 1.75 bits per heavy atom. The molecule has 0 aliphatic carbocycles. The molecule has 2 aromatic carbocycles. The molecule has 5 rings (SSSR count). The normalized spacial score (nSPS) is 13.7. The first-order valence-electron chi connectivity index (χ1n) is 12.1. The number of nitrogens with one attached hydrogen (secondary N) is 1. The Bertz CT molecular complexity index is 1350. The van der Waals surface area contributed by atoms with E-state index in [2.05, 4.69) is 33.2 Å². The number of nitrogens with zero attached hydrogens (tertiary/aromatic N) is 3. The van der Waals surface area contributed by atoms with Crippen molar-refractivity contribution in [3.8, 4) is 22.6 Å². The van der Waals surface area contributed by atoms with Crippen molar-refractivity contribution in [2.24, 2.45) is 0 Å². The number of hydrogen-bond acceptors (Lipinski definition) is 8. The van der Waals surface area contributed by atoms with E-state index in [4.69, 9.17) is 25.8 Å². The van der Waals surface area contributed by atoms with Crippen LogP contribution in [-0.4, -0.2) is 49.5 Å². The zero-order valence-corrected chi connectivity index (χ0v) is 22.2. The Kier molecular flexibility index (Phi) is 7.46. The van der Waals surface area contributed by atoms with E-state index >= 15 is 0 Å². The summed E-state index contributed by atoms with van der Waals surface area (Å²) in [4.78, 5) is 13.6. The first-order valence-corrected chi connectivity index (χ1v) is 13.3. The second-order valence-corrected chi connectivity index (χ2v) is 9.99. The SMILES string of the molecule is CCOc1cc(N2CCOCC2)c(OCC)cc1Nc1ncnc2sc(C)c(-c3ccc(Cl)cc3)c12. The molecule has 4 aromatic rings. The van der Waals surface area contributed by atoms with Gasteiger partial charge in [0.25, 0.3) is 0 Å². The number of rotatable bonds is 8. The Balaban J connectivity index is 1.61. The molecule has 0 unspecified atom stereocenters. The summed E-state index contributed by atoms with van der Waals surface area (Å²) < 4.78 is 17.7. The molecule has 1 aliphatic heterocycles. The van der Waals surface area contributed by atoms with Gasteiger partial charge in [-0.1, -0.05) is 23.7 Å². The van der Waals surface area contributed by atoms with E-state index in [-0.39, 0.29) is 0 Å². The molecule has 0 radical (unpaired) electrons. The first kappa shape index (κ1) is 24.6. The third-order valence-electron chi connectivity index (χ3n) is 6.06. The highest BCUT2D eigenvalue weighted by Crippen LogP contribution is 2.44. The molecular formula is C27H29ClN4O3S. The maximum absolute atomic E-state index is 6.16. The highest BCUT2D eigenvalue weighted by Gasteiger charge is 2.22. The Morgan fingerprint density at radius 1 is 1.03 bits per heavy atom. The number of halogens is 1. The summed E-state index contributed by atoms with van der Waals surface area (Å²) in [5, 5.41) is 5.22. The minimum absolute atomic E-state index is 0.540. The number of ether oxygens (including phenoxy) is 3. The molecule has 0 amide bonds. The molecule has 0 bridgehead atoms. The smallest absolute Gasteiger partial charge is 0.145 e. The largest absolute Gasteiger partial charge is 0.492 e. The van der Waals surface area contributed by atoms with Crippen LogP contribution in [0.1, 0.15) is 18.7 Å². The lowest BCUT2D eigenvalue weighted by atomic mass is 10.0. The average Bonchev–Trinajstić information content (AvgIpc) is 3.23. The fourth-order valence-corrected chi connectivity index (χ4v) is 5.61. The topological polar surface area (TPSA) is 68.7 Å². The summed E-state index contributed by atoms with van der Waals surface area (Å²) in [5.41, 5.74) is 3.98. The van der Waals surface area contributed by atoms with Gasteiger partial charge in [0.05, 0.1) is 43.2 Å². The van der Waals surface area contributed by atoms with Gasteiger partial charge in [-0.25, -0.2) is 9.97 Å². The number of fused-ring (bicyclic) bond motifs is 1. The Labute approximate surface area is 220 Å². The van der Waals surface area contributed by atoms with Gasteiger partial charge < -0.3 is 24.4 Å². The van der Waals surface area contributed by atoms with Crippen molar-refractivity contribution >= 4 is 50.3 Å². The fraction of sp³-hybridized carbons (Fsp3) is 0.333. The molecule has 2 aromatic heterocycles. The van der Waals surface area contributed by atoms with Gasteiger partial charge >= 0.3 is 0 Å². The maximum atomic E-state index is 6.16. The van der Waals surface area contributed by atoms with E-state index in [0.29, 0.717) is 31.5 Å². The van der Waals surface area contributed by atoms with Crippen LogP contribution in [0.2, 0.25) is 5.02 Å². The van der Waals surface area contributed by atoms with Gasteiger partial charge in [0.1, 0.15) is 28.5 Å². The predicted molar refractivity (Wildman–Crippen MR) is 148 cm³/mol. The molecule has 1 N–H and O–H groups in total. The zero-order chi connectivity index (χ0) is 25.1. The summed E-state index contributed by atoms with van der Waals surface area (Å²) in [5.74, 6) is 2.26. The van der Waals surface area contributed by atoms with Crippen molar-refractivity contribution in [2.45, 2.75) is 20.8 Å². The highest BCUT2D eigenvalue weighted by atomic mass is 35.5. The third-order valence-corrected chi connectivity index (χ3v) is 7.33. The van der Waals surface area contributed by atoms with Crippen molar-refractivity contribution in [3.63, 3.8) is 0 Å². The number of aromatic nitrogens is 2. The Hall–Kier alpha value is -3.07. The molecule has 0 atom stereocenters. The molecule has 3 heterocycles. The van der Waals surface area contributed by atoms with Crippen molar-refractivity contribution in [2.75, 3.05) is 49.7 Å². The van der Waals surface area contributed by atoms with Gasteiger partial charge in [-0.2, -0.15) is 0 Å². The van der Waals surface area contributed by atoms with Crippen LogP contribution in [0.3, 0.4) is 0 Å². The van der Waals surface area contributed by atoms with Crippen LogP contribution in [0.4, 0.5) is 17.2 Å². The monoisotopic (exact) mass is 524 g/mol. The maximum Gasteiger partial charge on any atom is 0.145 e. The molecule has 36 heavy (non-hydrogen) atoms. The summed E-state index contributed by atoms with van der Waals surface area (Å²) in [6.45, 7) is 10.2. The van der Waals surface area contributed by atoms with Crippen molar-refractivity contribution < 1.29 is 14.2 Å². The quantitative estimate of drug-likeness (QED) is 0.275. The number of aryl methyl sites for hydroxylation is 1. The lowest BCUT2D eigenvalue weighted by Gasteiger charge is -2.31. The lowest BCUT2D eigenvalue weighted by molar-refractivity contribution is 0.122. The highest BCUT2D eigenvalue weighted by molar-refractivity contribution is 7.19. The first-order chi connectivity index (χ1) is 17.6. The van der Waals surface area contributed by atoms with Gasteiger partial charge in [-0.15, -0.1) is 11.3 Å². The molecule has 1 saturated heterocycles. The van der Waals surface area contributed by atoms with Crippen LogP contribution in [0.15, 0.2) is 42.7 Å². The minimum Gasteiger partial charge on any atom is -0.492 e. The van der Waals surface area contributed by atoms with Crippen LogP contribution >= 0.6 is 22.9 Å². The van der Waals surface area contributed by atoms with Gasteiger partial charge in [-0.05, 0) is 38.5 Å². The van der Waals surface area contributed by atoms with E-state index in [1.807, 2.05) is 44.2 Å². The van der Waals surface area contributed by atoms with Crippen LogP contribution in [-0.2, 0) is 4.74 Å². The summed E-state index contributed by atoms with van der Waals surface area (Å²) >= 11 is 7.81. The zero-order valence-electron chi connectivity index (χ0n) is 20.6. The minimum atomic E-state index is 0.540. The van der Waals surface area contributed by atoms with Gasteiger partial charge in [-0.3, -0.25) is 0 Å². The van der Waals surface area contributed by atoms with Crippen LogP contribution < -0.4 is 19.7 Å². The second-order valence-electron chi connectivity index (χ2n) is 8.35. The number of hydrogen-bond donors (Lipinski definition) is 1. The lowest BCUT2D eigenvalue weighted by Crippen LogP contribution is -2.36. The molecule has 1 fully saturated rings. The average molecular weight is 525 g/mol. The van der Waals surface area contributed by atoms with Crippen molar-refractivity contribution in [1.82, 2.24) is 9.97 Å². The van der Waals surface area contributed by atoms with Crippen molar-refractivity contribution in [3.05, 3.63) is 52.6 Å². The molecule has 7 nitrogen and oxygen atoms in total. The summed E-state index contributed by atoms with van der Waals surface area (Å²) in [6.07, 6.45) is 1.60. The van der Waals surface area contributed by atoms with Crippen LogP contribution in [0.25, 0.3) is 21.3 Å². The summed E-state index contributed by atoms with van der Waals surface area (Å²) in [7, 11) is 0. The number of anilines is 3. The molecule has 9 heteroatoms. The molecule has 0 spiro atoms. The van der Waals surface area contributed by atoms with Crippen LogP contribution in [0, 0.1) is 6.92 Å². The van der Waals surface area contributed by atoms with Gasteiger partial charge in [0, 0.05) is 40.7 Å². The predicted octanol–water partition coefficient (Wildman–Crippen LogP) is 6.70. The van der Waals surface area contributed by atoms with E-state index in [9.17, 15) is 0 Å². The molecule has 0 saturated carbocycles.